The fraction of sp³-hybridized carbons (Fsp3) is 0.308. The van der Waals surface area contributed by atoms with E-state index in [0.717, 1.165) is 5.56 Å². The summed E-state index contributed by atoms with van der Waals surface area (Å²) in [6.45, 7) is 3.60. The maximum absolute atomic E-state index is 10.4. The Balaban J connectivity index is 2.10. The number of aromatic nitrogens is 2. The number of aliphatic carboxylic acids is 1. The Hall–Kier alpha value is -2.37. The molecular formula is C13H14N2O4. The molecule has 2 rings (SSSR count). The van der Waals surface area contributed by atoms with E-state index in [1.807, 2.05) is 13.8 Å². The lowest BCUT2D eigenvalue weighted by molar-refractivity contribution is -0.139. The van der Waals surface area contributed by atoms with Crippen molar-refractivity contribution in [3.63, 3.8) is 0 Å². The van der Waals surface area contributed by atoms with Crippen LogP contribution in [0.2, 0.25) is 0 Å². The van der Waals surface area contributed by atoms with Crippen LogP contribution in [0.1, 0.15) is 25.6 Å². The number of benzene rings is 1. The van der Waals surface area contributed by atoms with E-state index in [1.165, 1.54) is 0 Å². The summed E-state index contributed by atoms with van der Waals surface area (Å²) in [4.78, 5) is 14.6. The summed E-state index contributed by atoms with van der Waals surface area (Å²) in [5, 5.41) is 12.4. The molecule has 1 aromatic heterocycles. The highest BCUT2D eigenvalue weighted by Crippen LogP contribution is 2.22. The van der Waals surface area contributed by atoms with Gasteiger partial charge in [-0.05, 0) is 24.3 Å². The molecule has 0 saturated heterocycles. The monoisotopic (exact) mass is 262 g/mol. The first-order valence-electron chi connectivity index (χ1n) is 5.85. The number of hydrogen-bond donors (Lipinski definition) is 1. The summed E-state index contributed by atoms with van der Waals surface area (Å²) in [6, 6.07) is 6.82. The molecule has 0 spiro atoms. The normalized spacial score (nSPS) is 10.7. The second kappa shape index (κ2) is 5.51. The summed E-state index contributed by atoms with van der Waals surface area (Å²) in [6.07, 6.45) is 0. The molecule has 2 aromatic rings. The van der Waals surface area contributed by atoms with Crippen LogP contribution in [0.5, 0.6) is 5.75 Å². The molecule has 0 fully saturated rings. The lowest BCUT2D eigenvalue weighted by atomic mass is 10.2. The van der Waals surface area contributed by atoms with Gasteiger partial charge in [-0.1, -0.05) is 19.0 Å². The topological polar surface area (TPSA) is 85.5 Å². The van der Waals surface area contributed by atoms with Crippen LogP contribution in [0.4, 0.5) is 0 Å². The molecule has 0 aliphatic rings. The average molecular weight is 262 g/mol. The molecule has 0 bridgehead atoms. The van der Waals surface area contributed by atoms with Gasteiger partial charge in [0.1, 0.15) is 5.75 Å². The van der Waals surface area contributed by atoms with Gasteiger partial charge in [-0.25, -0.2) is 4.79 Å². The quantitative estimate of drug-likeness (QED) is 0.890. The van der Waals surface area contributed by atoms with E-state index in [4.69, 9.17) is 14.4 Å². The highest BCUT2D eigenvalue weighted by molar-refractivity contribution is 5.68. The number of hydrogen-bond acceptors (Lipinski definition) is 5. The molecule has 0 amide bonds. The number of rotatable bonds is 5. The van der Waals surface area contributed by atoms with Gasteiger partial charge in [0.05, 0.1) is 0 Å². The first-order valence-corrected chi connectivity index (χ1v) is 5.85. The van der Waals surface area contributed by atoms with E-state index in [1.54, 1.807) is 24.3 Å². The van der Waals surface area contributed by atoms with E-state index in [-0.39, 0.29) is 12.5 Å². The highest BCUT2D eigenvalue weighted by atomic mass is 16.5. The minimum atomic E-state index is -1.01. The lowest BCUT2D eigenvalue weighted by Gasteiger charge is -2.02. The number of carboxylic acids is 1. The minimum absolute atomic E-state index is 0.204. The molecular weight excluding hydrogens is 248 g/mol. The third-order valence-corrected chi connectivity index (χ3v) is 2.42. The second-order valence-corrected chi connectivity index (χ2v) is 4.32. The fourth-order valence-electron chi connectivity index (χ4n) is 1.43. The lowest BCUT2D eigenvalue weighted by Crippen LogP contribution is -2.09. The van der Waals surface area contributed by atoms with E-state index in [0.29, 0.717) is 17.5 Å². The molecule has 1 heterocycles. The predicted molar refractivity (Wildman–Crippen MR) is 67.0 cm³/mol. The molecule has 100 valence electrons. The number of carbonyl (C=O) groups is 1. The minimum Gasteiger partial charge on any atom is -0.482 e. The third-order valence-electron chi connectivity index (χ3n) is 2.42. The molecule has 0 aliphatic carbocycles. The maximum Gasteiger partial charge on any atom is 0.341 e. The third kappa shape index (κ3) is 3.31. The van der Waals surface area contributed by atoms with E-state index in [2.05, 4.69) is 10.1 Å². The van der Waals surface area contributed by atoms with Crippen molar-refractivity contribution in [2.75, 3.05) is 6.61 Å². The van der Waals surface area contributed by atoms with Gasteiger partial charge in [0.25, 0.3) is 5.89 Å². The maximum atomic E-state index is 10.4. The van der Waals surface area contributed by atoms with Gasteiger partial charge in [-0.15, -0.1) is 0 Å². The van der Waals surface area contributed by atoms with Gasteiger partial charge >= 0.3 is 5.97 Å². The van der Waals surface area contributed by atoms with Gasteiger partial charge in [0.2, 0.25) is 0 Å². The first-order chi connectivity index (χ1) is 9.06. The summed E-state index contributed by atoms with van der Waals surface area (Å²) in [5.41, 5.74) is 0.766. The smallest absolute Gasteiger partial charge is 0.341 e. The number of ether oxygens (including phenoxy) is 1. The van der Waals surface area contributed by atoms with Crippen LogP contribution >= 0.6 is 0 Å². The summed E-state index contributed by atoms with van der Waals surface area (Å²) < 4.78 is 10.2. The Morgan fingerprint density at radius 2 is 2.05 bits per heavy atom. The van der Waals surface area contributed by atoms with Gasteiger partial charge in [-0.2, -0.15) is 4.98 Å². The van der Waals surface area contributed by atoms with Gasteiger partial charge in [-0.3, -0.25) is 0 Å². The van der Waals surface area contributed by atoms with Crippen LogP contribution in [0.15, 0.2) is 28.8 Å². The molecule has 6 nitrogen and oxygen atoms in total. The highest BCUT2D eigenvalue weighted by Gasteiger charge is 2.11. The van der Waals surface area contributed by atoms with E-state index in [9.17, 15) is 4.79 Å². The Labute approximate surface area is 110 Å². The van der Waals surface area contributed by atoms with Gasteiger partial charge in [0.15, 0.2) is 12.4 Å². The molecule has 0 aliphatic heterocycles. The van der Waals surface area contributed by atoms with Crippen molar-refractivity contribution in [1.82, 2.24) is 10.1 Å². The standard InChI is InChI=1S/C13H14N2O4/c1-8(2)12-14-13(19-15-12)9-3-5-10(6-4-9)18-7-11(16)17/h3-6,8H,7H2,1-2H3,(H,16,17). The second-order valence-electron chi connectivity index (χ2n) is 4.32. The largest absolute Gasteiger partial charge is 0.482 e. The summed E-state index contributed by atoms with van der Waals surface area (Å²) in [7, 11) is 0. The molecule has 6 heteroatoms. The molecule has 0 saturated carbocycles. The zero-order valence-corrected chi connectivity index (χ0v) is 10.7. The average Bonchev–Trinajstić information content (AvgIpc) is 2.86. The summed E-state index contributed by atoms with van der Waals surface area (Å²) >= 11 is 0. The predicted octanol–water partition coefficient (Wildman–Crippen LogP) is 2.32. The van der Waals surface area contributed by atoms with Crippen LogP contribution in [0, 0.1) is 0 Å². The van der Waals surface area contributed by atoms with Crippen molar-refractivity contribution in [3.05, 3.63) is 30.1 Å². The Bertz CT molecular complexity index is 560. The van der Waals surface area contributed by atoms with Crippen LogP contribution in [-0.4, -0.2) is 27.8 Å². The van der Waals surface area contributed by atoms with E-state index < -0.39 is 5.97 Å². The van der Waals surface area contributed by atoms with Crippen LogP contribution in [0.3, 0.4) is 0 Å². The van der Waals surface area contributed by atoms with Gasteiger partial charge in [0, 0.05) is 11.5 Å². The van der Waals surface area contributed by atoms with Crippen molar-refractivity contribution < 1.29 is 19.2 Å². The Morgan fingerprint density at radius 3 is 2.58 bits per heavy atom. The zero-order chi connectivity index (χ0) is 13.8. The van der Waals surface area contributed by atoms with Crippen molar-refractivity contribution in [2.24, 2.45) is 0 Å². The summed E-state index contributed by atoms with van der Waals surface area (Å²) in [5.74, 6) is 0.766. The first kappa shape index (κ1) is 13.1. The Kier molecular flexibility index (Phi) is 3.79. The van der Waals surface area contributed by atoms with Gasteiger partial charge < -0.3 is 14.4 Å². The zero-order valence-electron chi connectivity index (χ0n) is 10.7. The van der Waals surface area contributed by atoms with Crippen molar-refractivity contribution in [3.8, 4) is 17.2 Å². The van der Waals surface area contributed by atoms with Crippen LogP contribution < -0.4 is 4.74 Å². The molecule has 0 atom stereocenters. The molecule has 1 aromatic carbocycles. The fourth-order valence-corrected chi connectivity index (χ4v) is 1.43. The van der Waals surface area contributed by atoms with E-state index >= 15 is 0 Å². The molecule has 1 N–H and O–H groups in total. The SMILES string of the molecule is CC(C)c1noc(-c2ccc(OCC(=O)O)cc2)n1. The molecule has 0 radical (unpaired) electrons. The van der Waals surface area contributed by atoms with Crippen molar-refractivity contribution in [2.45, 2.75) is 19.8 Å². The Morgan fingerprint density at radius 1 is 1.37 bits per heavy atom. The van der Waals surface area contributed by atoms with Crippen molar-refractivity contribution in [1.29, 1.82) is 0 Å². The van der Waals surface area contributed by atoms with Crippen molar-refractivity contribution >= 4 is 5.97 Å². The number of nitrogens with zero attached hydrogens (tertiary/aromatic N) is 2. The molecule has 19 heavy (non-hydrogen) atoms. The van der Waals surface area contributed by atoms with Crippen LogP contribution in [0.25, 0.3) is 11.5 Å². The molecule has 0 unspecified atom stereocenters. The number of carboxylic acid groups (broad SMARTS) is 1. The van der Waals surface area contributed by atoms with Crippen LogP contribution in [-0.2, 0) is 4.79 Å².